The summed E-state index contributed by atoms with van der Waals surface area (Å²) < 4.78 is 2.03. The SMILES string of the molecule is CCC(O)c1c(Cc2ccccc2)nc2c(C)cccn12. The van der Waals surface area contributed by atoms with Crippen LogP contribution in [-0.2, 0) is 6.42 Å². The molecular weight excluding hydrogens is 260 g/mol. The summed E-state index contributed by atoms with van der Waals surface area (Å²) >= 11 is 0. The van der Waals surface area contributed by atoms with Crippen LogP contribution < -0.4 is 0 Å². The highest BCUT2D eigenvalue weighted by atomic mass is 16.3. The number of rotatable bonds is 4. The molecule has 0 saturated carbocycles. The zero-order valence-electron chi connectivity index (χ0n) is 12.5. The van der Waals surface area contributed by atoms with Gasteiger partial charge in [-0.05, 0) is 30.5 Å². The largest absolute Gasteiger partial charge is 0.387 e. The summed E-state index contributed by atoms with van der Waals surface area (Å²) in [7, 11) is 0. The van der Waals surface area contributed by atoms with Crippen LogP contribution in [0.25, 0.3) is 5.65 Å². The number of fused-ring (bicyclic) bond motifs is 1. The van der Waals surface area contributed by atoms with Crippen LogP contribution in [0, 0.1) is 6.92 Å². The lowest BCUT2D eigenvalue weighted by Gasteiger charge is -2.11. The first kappa shape index (κ1) is 13.8. The number of hydrogen-bond acceptors (Lipinski definition) is 2. The molecule has 108 valence electrons. The summed E-state index contributed by atoms with van der Waals surface area (Å²) in [6.07, 6.45) is 2.93. The minimum absolute atomic E-state index is 0.486. The molecule has 2 heterocycles. The Hall–Kier alpha value is -2.13. The molecule has 1 aromatic carbocycles. The van der Waals surface area contributed by atoms with Gasteiger partial charge in [-0.3, -0.25) is 0 Å². The van der Waals surface area contributed by atoms with Crippen molar-refractivity contribution in [2.75, 3.05) is 0 Å². The summed E-state index contributed by atoms with van der Waals surface area (Å²) in [5.41, 5.74) is 5.15. The van der Waals surface area contributed by atoms with Crippen LogP contribution in [0.3, 0.4) is 0 Å². The highest BCUT2D eigenvalue weighted by molar-refractivity contribution is 5.51. The quantitative estimate of drug-likeness (QED) is 0.791. The Labute approximate surface area is 124 Å². The van der Waals surface area contributed by atoms with E-state index in [4.69, 9.17) is 4.98 Å². The average molecular weight is 280 g/mol. The molecule has 0 aliphatic carbocycles. The number of nitrogens with zero attached hydrogens (tertiary/aromatic N) is 2. The third-order valence-electron chi connectivity index (χ3n) is 3.88. The maximum atomic E-state index is 10.4. The van der Waals surface area contributed by atoms with Gasteiger partial charge in [0.1, 0.15) is 5.65 Å². The molecule has 0 radical (unpaired) electrons. The van der Waals surface area contributed by atoms with E-state index in [0.29, 0.717) is 6.42 Å². The molecule has 0 aliphatic rings. The Balaban J connectivity index is 2.14. The maximum absolute atomic E-state index is 10.4. The molecule has 1 N–H and O–H groups in total. The van der Waals surface area contributed by atoms with Crippen LogP contribution in [0.1, 0.15) is 42.0 Å². The highest BCUT2D eigenvalue weighted by Crippen LogP contribution is 2.25. The minimum Gasteiger partial charge on any atom is -0.387 e. The van der Waals surface area contributed by atoms with E-state index in [0.717, 1.165) is 29.0 Å². The second kappa shape index (κ2) is 5.70. The second-order valence-corrected chi connectivity index (χ2v) is 5.41. The molecule has 21 heavy (non-hydrogen) atoms. The van der Waals surface area contributed by atoms with Crippen molar-refractivity contribution in [2.24, 2.45) is 0 Å². The van der Waals surface area contributed by atoms with Crippen LogP contribution in [0.5, 0.6) is 0 Å². The number of aryl methyl sites for hydroxylation is 1. The number of benzene rings is 1. The van der Waals surface area contributed by atoms with Crippen molar-refractivity contribution >= 4 is 5.65 Å². The summed E-state index contributed by atoms with van der Waals surface area (Å²) in [4.78, 5) is 4.78. The number of hydrogen-bond donors (Lipinski definition) is 1. The van der Waals surface area contributed by atoms with E-state index in [2.05, 4.69) is 25.1 Å². The molecule has 0 amide bonds. The number of pyridine rings is 1. The van der Waals surface area contributed by atoms with Gasteiger partial charge in [0.05, 0.1) is 17.5 Å². The van der Waals surface area contributed by atoms with Crippen LogP contribution >= 0.6 is 0 Å². The fourth-order valence-corrected chi connectivity index (χ4v) is 2.73. The zero-order chi connectivity index (χ0) is 14.8. The number of imidazole rings is 1. The summed E-state index contributed by atoms with van der Waals surface area (Å²) in [5, 5.41) is 10.4. The molecule has 0 spiro atoms. The Morgan fingerprint density at radius 2 is 1.90 bits per heavy atom. The van der Waals surface area contributed by atoms with Gasteiger partial charge in [0, 0.05) is 12.6 Å². The maximum Gasteiger partial charge on any atom is 0.140 e. The number of aliphatic hydroxyl groups excluding tert-OH is 1. The predicted molar refractivity (Wildman–Crippen MR) is 84.4 cm³/mol. The van der Waals surface area contributed by atoms with E-state index in [1.807, 2.05) is 41.8 Å². The minimum atomic E-state index is -0.486. The molecule has 0 saturated heterocycles. The average Bonchev–Trinajstić information content (AvgIpc) is 2.87. The zero-order valence-corrected chi connectivity index (χ0v) is 12.5. The van der Waals surface area contributed by atoms with E-state index in [-0.39, 0.29) is 0 Å². The summed E-state index contributed by atoms with van der Waals surface area (Å²) in [6, 6.07) is 14.3. The van der Waals surface area contributed by atoms with Crippen LogP contribution in [0.4, 0.5) is 0 Å². The van der Waals surface area contributed by atoms with Gasteiger partial charge in [0.25, 0.3) is 0 Å². The lowest BCUT2D eigenvalue weighted by Crippen LogP contribution is -2.04. The third kappa shape index (κ3) is 2.57. The van der Waals surface area contributed by atoms with Gasteiger partial charge in [0.2, 0.25) is 0 Å². The summed E-state index contributed by atoms with van der Waals surface area (Å²) in [5.74, 6) is 0. The highest BCUT2D eigenvalue weighted by Gasteiger charge is 2.19. The van der Waals surface area contributed by atoms with Crippen molar-refractivity contribution in [1.29, 1.82) is 0 Å². The van der Waals surface area contributed by atoms with Crippen LogP contribution in [-0.4, -0.2) is 14.5 Å². The smallest absolute Gasteiger partial charge is 0.140 e. The van der Waals surface area contributed by atoms with Crippen molar-refractivity contribution in [3.63, 3.8) is 0 Å². The van der Waals surface area contributed by atoms with Gasteiger partial charge in [0.15, 0.2) is 0 Å². The molecule has 1 atom stereocenters. The van der Waals surface area contributed by atoms with Crippen molar-refractivity contribution < 1.29 is 5.11 Å². The molecule has 3 rings (SSSR count). The van der Waals surface area contributed by atoms with E-state index >= 15 is 0 Å². The van der Waals surface area contributed by atoms with Gasteiger partial charge in [-0.2, -0.15) is 0 Å². The van der Waals surface area contributed by atoms with Gasteiger partial charge in [-0.25, -0.2) is 4.98 Å². The first-order chi connectivity index (χ1) is 10.2. The predicted octanol–water partition coefficient (Wildman–Crippen LogP) is 3.68. The van der Waals surface area contributed by atoms with E-state index < -0.39 is 6.10 Å². The summed E-state index contributed by atoms with van der Waals surface area (Å²) in [6.45, 7) is 4.04. The van der Waals surface area contributed by atoms with Gasteiger partial charge >= 0.3 is 0 Å². The van der Waals surface area contributed by atoms with Crippen molar-refractivity contribution in [3.05, 3.63) is 71.2 Å². The van der Waals surface area contributed by atoms with E-state index in [1.165, 1.54) is 5.56 Å². The van der Waals surface area contributed by atoms with Crippen LogP contribution in [0.15, 0.2) is 48.7 Å². The lowest BCUT2D eigenvalue weighted by molar-refractivity contribution is 0.167. The Bertz CT molecular complexity index is 747. The molecule has 3 heteroatoms. The Kier molecular flexibility index (Phi) is 3.76. The second-order valence-electron chi connectivity index (χ2n) is 5.41. The molecule has 1 unspecified atom stereocenters. The van der Waals surface area contributed by atoms with Gasteiger partial charge < -0.3 is 9.51 Å². The molecule has 0 fully saturated rings. The first-order valence-corrected chi connectivity index (χ1v) is 7.39. The Morgan fingerprint density at radius 1 is 1.14 bits per heavy atom. The van der Waals surface area contributed by atoms with Gasteiger partial charge in [-0.1, -0.05) is 43.3 Å². The normalized spacial score (nSPS) is 12.7. The lowest BCUT2D eigenvalue weighted by atomic mass is 10.1. The van der Waals surface area contributed by atoms with Crippen molar-refractivity contribution in [2.45, 2.75) is 32.8 Å². The molecule has 3 nitrogen and oxygen atoms in total. The van der Waals surface area contributed by atoms with Gasteiger partial charge in [-0.15, -0.1) is 0 Å². The first-order valence-electron chi connectivity index (χ1n) is 7.39. The number of aliphatic hydroxyl groups is 1. The molecular formula is C18H20N2O. The monoisotopic (exact) mass is 280 g/mol. The Morgan fingerprint density at radius 3 is 2.62 bits per heavy atom. The standard InChI is InChI=1S/C18H20N2O/c1-3-16(21)17-15(12-14-9-5-4-6-10-14)19-18-13(2)8-7-11-20(17)18/h4-11,16,21H,3,12H2,1-2H3. The topological polar surface area (TPSA) is 37.5 Å². The van der Waals surface area contributed by atoms with E-state index in [9.17, 15) is 5.11 Å². The molecule has 0 aliphatic heterocycles. The molecule has 0 bridgehead atoms. The fraction of sp³-hybridized carbons (Fsp3) is 0.278. The van der Waals surface area contributed by atoms with Crippen molar-refractivity contribution in [3.8, 4) is 0 Å². The third-order valence-corrected chi connectivity index (χ3v) is 3.88. The van der Waals surface area contributed by atoms with E-state index in [1.54, 1.807) is 0 Å². The van der Waals surface area contributed by atoms with Crippen LogP contribution in [0.2, 0.25) is 0 Å². The molecule has 3 aromatic rings. The fourth-order valence-electron chi connectivity index (χ4n) is 2.73. The number of aromatic nitrogens is 2. The van der Waals surface area contributed by atoms with Crippen molar-refractivity contribution in [1.82, 2.24) is 9.38 Å². The molecule has 2 aromatic heterocycles.